The van der Waals surface area contributed by atoms with E-state index in [1.165, 1.54) is 43.0 Å². The first kappa shape index (κ1) is 34.5. The van der Waals surface area contributed by atoms with Crippen molar-refractivity contribution in [1.82, 2.24) is 19.9 Å². The zero-order valence-electron chi connectivity index (χ0n) is 26.9. The summed E-state index contributed by atoms with van der Waals surface area (Å²) < 4.78 is 57.4. The first-order valence-corrected chi connectivity index (χ1v) is 16.3. The number of hydrogen-bond acceptors (Lipinski definition) is 11. The van der Waals surface area contributed by atoms with Crippen LogP contribution in [0.4, 0.5) is 24.1 Å². The Bertz CT molecular complexity index is 1560. The van der Waals surface area contributed by atoms with Crippen LogP contribution in [0.2, 0.25) is 0 Å². The Labute approximate surface area is 275 Å². The molecule has 47 heavy (non-hydrogen) atoms. The summed E-state index contributed by atoms with van der Waals surface area (Å²) >= 11 is 1.21. The van der Waals surface area contributed by atoms with E-state index >= 15 is 0 Å². The molecule has 0 saturated carbocycles. The average Bonchev–Trinajstić information content (AvgIpc) is 3.62. The number of hydrogen-bond donors (Lipinski definition) is 1. The van der Waals surface area contributed by atoms with Crippen molar-refractivity contribution in [1.29, 1.82) is 0 Å². The van der Waals surface area contributed by atoms with Gasteiger partial charge in [-0.3, -0.25) is 19.8 Å². The number of nitrogens with zero attached hydrogens (tertiary/aromatic N) is 5. The fourth-order valence-corrected chi connectivity index (χ4v) is 7.17. The Balaban J connectivity index is 1.36. The number of aromatic nitrogens is 3. The fourth-order valence-electron chi connectivity index (χ4n) is 6.18. The third kappa shape index (κ3) is 7.84. The number of rotatable bonds is 11. The van der Waals surface area contributed by atoms with E-state index < -0.39 is 17.6 Å². The number of alkyl halides is 3. The van der Waals surface area contributed by atoms with Gasteiger partial charge in [-0.15, -0.1) is 0 Å². The molecule has 0 radical (unpaired) electrons. The molecule has 0 spiro atoms. The molecule has 2 aromatic heterocycles. The van der Waals surface area contributed by atoms with Crippen molar-refractivity contribution in [3.63, 3.8) is 0 Å². The van der Waals surface area contributed by atoms with Crippen molar-refractivity contribution >= 4 is 34.2 Å². The lowest BCUT2D eigenvalue weighted by atomic mass is 9.97. The van der Waals surface area contributed by atoms with Crippen LogP contribution in [0.1, 0.15) is 60.5 Å². The lowest BCUT2D eigenvalue weighted by Crippen LogP contribution is -2.44. The molecule has 15 heteroatoms. The first-order chi connectivity index (χ1) is 22.5. The van der Waals surface area contributed by atoms with Crippen LogP contribution < -0.4 is 15.0 Å². The zero-order chi connectivity index (χ0) is 33.8. The number of thiazole rings is 1. The molecule has 1 amide bonds. The van der Waals surface area contributed by atoms with Crippen molar-refractivity contribution in [3.05, 3.63) is 46.7 Å². The minimum absolute atomic E-state index is 0.0597. The molecule has 1 aromatic carbocycles. The van der Waals surface area contributed by atoms with Gasteiger partial charge in [0.15, 0.2) is 5.13 Å². The number of likely N-dealkylation sites (tertiary alicyclic amines) is 1. The molecule has 0 aliphatic carbocycles. The zero-order valence-corrected chi connectivity index (χ0v) is 27.7. The normalized spacial score (nSPS) is 19.2. The van der Waals surface area contributed by atoms with Gasteiger partial charge in [0.25, 0.3) is 5.91 Å². The van der Waals surface area contributed by atoms with Gasteiger partial charge in [0.05, 0.1) is 49.9 Å². The number of nitrogens with one attached hydrogen (secondary N) is 1. The summed E-state index contributed by atoms with van der Waals surface area (Å²) in [4.78, 5) is 43.6. The molecule has 1 unspecified atom stereocenters. The number of methoxy groups -OCH3 is 2. The van der Waals surface area contributed by atoms with Gasteiger partial charge in [0, 0.05) is 42.7 Å². The van der Waals surface area contributed by atoms with Crippen LogP contribution in [0.3, 0.4) is 0 Å². The topological polar surface area (TPSA) is 119 Å². The van der Waals surface area contributed by atoms with Crippen LogP contribution in [-0.4, -0.2) is 84.3 Å². The predicted molar refractivity (Wildman–Crippen MR) is 171 cm³/mol. The van der Waals surface area contributed by atoms with Crippen LogP contribution in [0, 0.1) is 5.92 Å². The van der Waals surface area contributed by atoms with Gasteiger partial charge in [0.2, 0.25) is 0 Å². The molecule has 3 aromatic rings. The van der Waals surface area contributed by atoms with E-state index in [-0.39, 0.29) is 39.6 Å². The van der Waals surface area contributed by atoms with Gasteiger partial charge in [-0.1, -0.05) is 11.3 Å². The van der Waals surface area contributed by atoms with Gasteiger partial charge in [-0.25, -0.2) is 15.0 Å². The van der Waals surface area contributed by atoms with E-state index in [4.69, 9.17) is 14.2 Å². The van der Waals surface area contributed by atoms with E-state index in [1.54, 1.807) is 14.0 Å². The lowest BCUT2D eigenvalue weighted by Gasteiger charge is -2.34. The summed E-state index contributed by atoms with van der Waals surface area (Å²) in [6.45, 7) is 7.16. The van der Waals surface area contributed by atoms with Gasteiger partial charge in [0.1, 0.15) is 17.3 Å². The summed E-state index contributed by atoms with van der Waals surface area (Å²) in [6.07, 6.45) is 1.39. The van der Waals surface area contributed by atoms with Crippen LogP contribution in [0.15, 0.2) is 30.6 Å². The number of carbonyl (C=O) groups is 2. The molecule has 11 nitrogen and oxygen atoms in total. The predicted octanol–water partition coefficient (Wildman–Crippen LogP) is 5.66. The molecule has 2 fully saturated rings. The minimum atomic E-state index is -4.64. The Morgan fingerprint density at radius 2 is 1.89 bits per heavy atom. The molecule has 254 valence electrons. The van der Waals surface area contributed by atoms with Crippen molar-refractivity contribution in [2.75, 3.05) is 57.3 Å². The maximum Gasteiger partial charge on any atom is 0.419 e. The number of carbonyl (C=O) groups excluding carboxylic acids is 2. The third-order valence-electron chi connectivity index (χ3n) is 8.70. The number of piperidine rings is 1. The second kappa shape index (κ2) is 14.5. The number of esters is 1. The Morgan fingerprint density at radius 1 is 1.13 bits per heavy atom. The molecule has 1 atom stereocenters. The monoisotopic (exact) mass is 676 g/mol. The number of benzene rings is 1. The maximum absolute atomic E-state index is 13.9. The van der Waals surface area contributed by atoms with Crippen molar-refractivity contribution in [2.24, 2.45) is 5.92 Å². The molecule has 1 N–H and O–H groups in total. The Hall–Kier alpha value is -3.82. The second-order valence-electron chi connectivity index (χ2n) is 11.9. The van der Waals surface area contributed by atoms with E-state index in [0.717, 1.165) is 25.5 Å². The van der Waals surface area contributed by atoms with E-state index in [1.807, 2.05) is 4.90 Å². The second-order valence-corrected chi connectivity index (χ2v) is 13.0. The summed E-state index contributed by atoms with van der Waals surface area (Å²) in [7, 11) is 2.84. The molecular weight excluding hydrogens is 637 g/mol. The van der Waals surface area contributed by atoms with Gasteiger partial charge in [-0.05, 0) is 64.3 Å². The van der Waals surface area contributed by atoms with E-state index in [9.17, 15) is 22.8 Å². The highest BCUT2D eigenvalue weighted by atomic mass is 32.1. The number of amides is 1. The largest absolute Gasteiger partial charge is 0.496 e. The van der Waals surface area contributed by atoms with Crippen LogP contribution in [0.5, 0.6) is 5.75 Å². The highest BCUT2D eigenvalue weighted by Gasteiger charge is 2.38. The highest BCUT2D eigenvalue weighted by Crippen LogP contribution is 2.42. The van der Waals surface area contributed by atoms with Crippen LogP contribution in [-0.2, 0) is 27.0 Å². The SMILES string of the molecule is CCOC(=O)C1CCN(c2cnc(C(=O)Nc3nc(-c4ccc(OC)c(C(F)(F)F)c4)c(CN4CCCC4(C)COC)s3)cn2)CC1. The Morgan fingerprint density at radius 3 is 2.53 bits per heavy atom. The van der Waals surface area contributed by atoms with Gasteiger partial charge >= 0.3 is 12.1 Å². The van der Waals surface area contributed by atoms with Crippen molar-refractivity contribution in [3.8, 4) is 17.0 Å². The molecule has 2 saturated heterocycles. The molecule has 5 rings (SSSR count). The molecule has 2 aliphatic rings. The molecule has 4 heterocycles. The van der Waals surface area contributed by atoms with Crippen molar-refractivity contribution < 1.29 is 37.0 Å². The summed E-state index contributed by atoms with van der Waals surface area (Å²) in [5.41, 5.74) is -0.495. The molecule has 0 bridgehead atoms. The van der Waals surface area contributed by atoms with Crippen molar-refractivity contribution in [2.45, 2.75) is 57.8 Å². The summed E-state index contributed by atoms with van der Waals surface area (Å²) in [5.74, 6) is -0.574. The minimum Gasteiger partial charge on any atom is -0.496 e. The Kier molecular flexibility index (Phi) is 10.7. The molecule has 2 aliphatic heterocycles. The first-order valence-electron chi connectivity index (χ1n) is 15.5. The number of anilines is 2. The van der Waals surface area contributed by atoms with E-state index in [2.05, 4.69) is 32.1 Å². The quantitative estimate of drug-likeness (QED) is 0.255. The van der Waals surface area contributed by atoms with Crippen LogP contribution in [0.25, 0.3) is 11.3 Å². The highest BCUT2D eigenvalue weighted by molar-refractivity contribution is 7.16. The summed E-state index contributed by atoms with van der Waals surface area (Å²) in [5, 5.41) is 2.99. The van der Waals surface area contributed by atoms with Gasteiger partial charge < -0.3 is 19.1 Å². The van der Waals surface area contributed by atoms with Gasteiger partial charge in [-0.2, -0.15) is 13.2 Å². The van der Waals surface area contributed by atoms with Crippen LogP contribution >= 0.6 is 11.3 Å². The lowest BCUT2D eigenvalue weighted by molar-refractivity contribution is -0.148. The number of halogens is 3. The molecular formula is C32H39F3N6O5S. The maximum atomic E-state index is 13.9. The summed E-state index contributed by atoms with van der Waals surface area (Å²) in [6, 6.07) is 3.85. The fraction of sp³-hybridized carbons (Fsp3) is 0.531. The smallest absolute Gasteiger partial charge is 0.419 e. The average molecular weight is 677 g/mol. The standard InChI is InChI=1S/C32H39F3N6O5S/c1-5-46-29(43)20-9-13-40(14-10-20)26-17-36-23(16-37-26)28(42)39-30-38-27(21-7-8-24(45-4)22(15-21)32(33,34)35)25(47-30)18-41-12-6-11-31(41,2)19-44-3/h7-8,15-17,20H,5-6,9-14,18-19H2,1-4H3,(H,38,39,42). The van der Waals surface area contributed by atoms with E-state index in [0.29, 0.717) is 62.1 Å². The third-order valence-corrected chi connectivity index (χ3v) is 9.66. The number of ether oxygens (including phenoxy) is 3.